The highest BCUT2D eigenvalue weighted by molar-refractivity contribution is 7.12. The molecule has 0 aliphatic rings. The molecule has 21 heavy (non-hydrogen) atoms. The van der Waals surface area contributed by atoms with Gasteiger partial charge in [0, 0.05) is 28.8 Å². The Morgan fingerprint density at radius 2 is 2.10 bits per heavy atom. The summed E-state index contributed by atoms with van der Waals surface area (Å²) >= 11 is 8.34. The maximum atomic E-state index is 6.45. The SMILES string of the molecule is CCNC(Cc1c(Cl)c(C)nn1CC)c1ccc(CC)s1. The van der Waals surface area contributed by atoms with Crippen LogP contribution in [0.4, 0.5) is 0 Å². The van der Waals surface area contributed by atoms with Gasteiger partial charge in [-0.15, -0.1) is 11.3 Å². The summed E-state index contributed by atoms with van der Waals surface area (Å²) in [6, 6.07) is 4.78. The van der Waals surface area contributed by atoms with E-state index in [-0.39, 0.29) is 0 Å². The monoisotopic (exact) mass is 325 g/mol. The molecule has 2 rings (SSSR count). The Bertz CT molecular complexity index is 588. The Hall–Kier alpha value is -0.840. The smallest absolute Gasteiger partial charge is 0.0847 e. The summed E-state index contributed by atoms with van der Waals surface area (Å²) in [6.45, 7) is 10.2. The van der Waals surface area contributed by atoms with Gasteiger partial charge in [-0.1, -0.05) is 25.4 Å². The molecule has 2 aromatic rings. The van der Waals surface area contributed by atoms with E-state index in [1.165, 1.54) is 9.75 Å². The Labute approximate surface area is 136 Å². The van der Waals surface area contributed by atoms with Crippen LogP contribution in [0.1, 0.15) is 48.0 Å². The Balaban J connectivity index is 2.27. The molecule has 1 unspecified atom stereocenters. The van der Waals surface area contributed by atoms with Gasteiger partial charge in [0.25, 0.3) is 0 Å². The molecule has 0 saturated carbocycles. The Morgan fingerprint density at radius 3 is 2.67 bits per heavy atom. The third kappa shape index (κ3) is 3.68. The summed E-state index contributed by atoms with van der Waals surface area (Å²) in [5.74, 6) is 0. The Morgan fingerprint density at radius 1 is 1.33 bits per heavy atom. The van der Waals surface area contributed by atoms with Crippen molar-refractivity contribution in [2.24, 2.45) is 0 Å². The third-order valence-corrected chi connectivity index (χ3v) is 5.51. The lowest BCUT2D eigenvalue weighted by atomic mass is 10.1. The summed E-state index contributed by atoms with van der Waals surface area (Å²) in [5.41, 5.74) is 2.05. The molecule has 0 fully saturated rings. The zero-order chi connectivity index (χ0) is 15.4. The summed E-state index contributed by atoms with van der Waals surface area (Å²) < 4.78 is 2.02. The number of rotatable bonds is 7. The van der Waals surface area contributed by atoms with Gasteiger partial charge in [0.2, 0.25) is 0 Å². The highest BCUT2D eigenvalue weighted by Crippen LogP contribution is 2.30. The molecular formula is C16H24ClN3S. The van der Waals surface area contributed by atoms with Crippen LogP contribution in [0.15, 0.2) is 12.1 Å². The summed E-state index contributed by atoms with van der Waals surface area (Å²) in [7, 11) is 0. The van der Waals surface area contributed by atoms with Crippen molar-refractivity contribution in [2.45, 2.75) is 53.1 Å². The van der Waals surface area contributed by atoms with E-state index in [2.05, 4.69) is 43.3 Å². The quantitative estimate of drug-likeness (QED) is 0.818. The van der Waals surface area contributed by atoms with Crippen LogP contribution in [0.5, 0.6) is 0 Å². The lowest BCUT2D eigenvalue weighted by Crippen LogP contribution is -2.23. The van der Waals surface area contributed by atoms with Crippen LogP contribution in [0, 0.1) is 6.92 Å². The van der Waals surface area contributed by atoms with Gasteiger partial charge >= 0.3 is 0 Å². The second-order valence-corrected chi connectivity index (χ2v) is 6.71. The van der Waals surface area contributed by atoms with E-state index in [1.807, 2.05) is 22.9 Å². The molecule has 2 aromatic heterocycles. The van der Waals surface area contributed by atoms with Crippen molar-refractivity contribution in [3.63, 3.8) is 0 Å². The van der Waals surface area contributed by atoms with Crippen LogP contribution in [0.25, 0.3) is 0 Å². The van der Waals surface area contributed by atoms with Gasteiger partial charge < -0.3 is 5.32 Å². The maximum Gasteiger partial charge on any atom is 0.0847 e. The second-order valence-electron chi connectivity index (χ2n) is 5.13. The highest BCUT2D eigenvalue weighted by Gasteiger charge is 2.20. The fourth-order valence-electron chi connectivity index (χ4n) is 2.55. The van der Waals surface area contributed by atoms with Crippen LogP contribution in [0.2, 0.25) is 5.02 Å². The van der Waals surface area contributed by atoms with E-state index < -0.39 is 0 Å². The van der Waals surface area contributed by atoms with Crippen molar-refractivity contribution < 1.29 is 0 Å². The molecule has 0 bridgehead atoms. The number of nitrogens with zero attached hydrogens (tertiary/aromatic N) is 2. The first-order valence-corrected chi connectivity index (χ1v) is 8.83. The largest absolute Gasteiger partial charge is 0.309 e. The van der Waals surface area contributed by atoms with Crippen molar-refractivity contribution in [1.82, 2.24) is 15.1 Å². The lowest BCUT2D eigenvalue weighted by molar-refractivity contribution is 0.522. The van der Waals surface area contributed by atoms with Gasteiger partial charge in [0.05, 0.1) is 16.4 Å². The van der Waals surface area contributed by atoms with Crippen LogP contribution in [-0.4, -0.2) is 16.3 Å². The standard InChI is InChI=1S/C16H24ClN3S/c1-5-12-8-9-15(21-12)13(18-6-2)10-14-16(17)11(4)19-20(14)7-3/h8-9,13,18H,5-7,10H2,1-4H3. The van der Waals surface area contributed by atoms with Gasteiger partial charge in [0.1, 0.15) is 0 Å². The topological polar surface area (TPSA) is 29.9 Å². The van der Waals surface area contributed by atoms with E-state index in [4.69, 9.17) is 11.6 Å². The van der Waals surface area contributed by atoms with Crippen molar-refractivity contribution in [2.75, 3.05) is 6.54 Å². The van der Waals surface area contributed by atoms with Crippen LogP contribution in [0.3, 0.4) is 0 Å². The fraction of sp³-hybridized carbons (Fsp3) is 0.562. The van der Waals surface area contributed by atoms with E-state index in [9.17, 15) is 0 Å². The summed E-state index contributed by atoms with van der Waals surface area (Å²) in [5, 5.41) is 8.91. The fourth-order valence-corrected chi connectivity index (χ4v) is 3.79. The number of aromatic nitrogens is 2. The normalized spacial score (nSPS) is 12.8. The summed E-state index contributed by atoms with van der Waals surface area (Å²) in [4.78, 5) is 2.81. The van der Waals surface area contributed by atoms with E-state index in [1.54, 1.807) is 0 Å². The van der Waals surface area contributed by atoms with Crippen molar-refractivity contribution in [1.29, 1.82) is 0 Å². The molecule has 0 aliphatic heterocycles. The molecule has 116 valence electrons. The molecule has 1 N–H and O–H groups in total. The molecule has 0 aliphatic carbocycles. The lowest BCUT2D eigenvalue weighted by Gasteiger charge is -2.17. The molecule has 5 heteroatoms. The van der Waals surface area contributed by atoms with Crippen molar-refractivity contribution in [3.8, 4) is 0 Å². The molecule has 2 heterocycles. The molecule has 0 radical (unpaired) electrons. The van der Waals surface area contributed by atoms with Crippen LogP contribution >= 0.6 is 22.9 Å². The number of nitrogens with one attached hydrogen (secondary N) is 1. The number of thiophene rings is 1. The minimum absolute atomic E-state index is 0.305. The highest BCUT2D eigenvalue weighted by atomic mass is 35.5. The first kappa shape index (κ1) is 16.5. The van der Waals surface area contributed by atoms with E-state index in [0.29, 0.717) is 6.04 Å². The predicted octanol–water partition coefficient (Wildman–Crippen LogP) is 4.38. The zero-order valence-corrected chi connectivity index (χ0v) is 14.8. The van der Waals surface area contributed by atoms with Gasteiger partial charge in [-0.2, -0.15) is 5.10 Å². The number of hydrogen-bond acceptors (Lipinski definition) is 3. The zero-order valence-electron chi connectivity index (χ0n) is 13.2. The van der Waals surface area contributed by atoms with Gasteiger partial charge in [-0.05, 0) is 38.9 Å². The molecule has 0 spiro atoms. The summed E-state index contributed by atoms with van der Waals surface area (Å²) in [6.07, 6.45) is 1.97. The minimum atomic E-state index is 0.305. The van der Waals surface area contributed by atoms with Gasteiger partial charge in [-0.3, -0.25) is 4.68 Å². The number of halogens is 1. The molecule has 1 atom stereocenters. The minimum Gasteiger partial charge on any atom is -0.309 e. The van der Waals surface area contributed by atoms with Gasteiger partial charge in [0.15, 0.2) is 0 Å². The average Bonchev–Trinajstić information content (AvgIpc) is 3.06. The van der Waals surface area contributed by atoms with E-state index >= 15 is 0 Å². The molecule has 0 aromatic carbocycles. The van der Waals surface area contributed by atoms with Gasteiger partial charge in [-0.25, -0.2) is 0 Å². The third-order valence-electron chi connectivity index (χ3n) is 3.68. The first-order chi connectivity index (χ1) is 10.1. The molecule has 3 nitrogen and oxygen atoms in total. The maximum absolute atomic E-state index is 6.45. The first-order valence-electron chi connectivity index (χ1n) is 7.64. The number of hydrogen-bond donors (Lipinski definition) is 1. The number of aryl methyl sites for hydroxylation is 3. The number of likely N-dealkylation sites (N-methyl/N-ethyl adjacent to an activating group) is 1. The molecular weight excluding hydrogens is 302 g/mol. The predicted molar refractivity (Wildman–Crippen MR) is 91.5 cm³/mol. The molecule has 0 saturated heterocycles. The van der Waals surface area contributed by atoms with Crippen LogP contribution in [-0.2, 0) is 19.4 Å². The molecule has 0 amide bonds. The second kappa shape index (κ2) is 7.43. The van der Waals surface area contributed by atoms with Crippen molar-refractivity contribution >= 4 is 22.9 Å². The Kier molecular flexibility index (Phi) is 5.85. The van der Waals surface area contributed by atoms with Crippen LogP contribution < -0.4 is 5.32 Å². The van der Waals surface area contributed by atoms with E-state index in [0.717, 1.165) is 42.3 Å². The average molecular weight is 326 g/mol. The van der Waals surface area contributed by atoms with Crippen molar-refractivity contribution in [3.05, 3.63) is 38.3 Å².